The Balaban J connectivity index is 2.17. The molecule has 0 aliphatic heterocycles. The quantitative estimate of drug-likeness (QED) is 0.903. The van der Waals surface area contributed by atoms with Gasteiger partial charge in [-0.3, -0.25) is 9.20 Å². The predicted molar refractivity (Wildman–Crippen MR) is 75.4 cm³/mol. The number of hydrogen-bond donors (Lipinski definition) is 1. The summed E-state index contributed by atoms with van der Waals surface area (Å²) < 4.78 is 1.97. The molecular weight excluding hydrogens is 262 g/mol. The molecular formula is C13H19N3O2S. The zero-order valence-corrected chi connectivity index (χ0v) is 12.3. The average molecular weight is 281 g/mol. The first-order chi connectivity index (χ1) is 9.02. The largest absolute Gasteiger partial charge is 0.395 e. The van der Waals surface area contributed by atoms with Crippen LogP contribution in [0.3, 0.4) is 0 Å². The molecule has 2 aromatic rings. The van der Waals surface area contributed by atoms with Crippen LogP contribution in [0.4, 0.5) is 0 Å². The number of carbonyl (C=O) groups is 1. The summed E-state index contributed by atoms with van der Waals surface area (Å²) in [7, 11) is 0. The first kappa shape index (κ1) is 14.0. The van der Waals surface area contributed by atoms with E-state index in [-0.39, 0.29) is 18.6 Å². The summed E-state index contributed by atoms with van der Waals surface area (Å²) in [6.07, 6.45) is 2.29. The van der Waals surface area contributed by atoms with Crippen molar-refractivity contribution in [2.24, 2.45) is 0 Å². The summed E-state index contributed by atoms with van der Waals surface area (Å²) in [5, 5.41) is 11.0. The molecule has 0 aliphatic carbocycles. The molecule has 1 amide bonds. The van der Waals surface area contributed by atoms with E-state index in [4.69, 9.17) is 5.11 Å². The number of thiazole rings is 1. The highest BCUT2D eigenvalue weighted by Crippen LogP contribution is 2.17. The zero-order valence-electron chi connectivity index (χ0n) is 11.5. The second kappa shape index (κ2) is 5.71. The highest BCUT2D eigenvalue weighted by Gasteiger charge is 2.18. The Hall–Kier alpha value is -1.40. The van der Waals surface area contributed by atoms with Gasteiger partial charge in [0.1, 0.15) is 0 Å². The number of imidazole rings is 1. The maximum atomic E-state index is 12.3. The minimum atomic E-state index is -0.00679. The van der Waals surface area contributed by atoms with Gasteiger partial charge >= 0.3 is 0 Å². The lowest BCUT2D eigenvalue weighted by Gasteiger charge is -2.25. The van der Waals surface area contributed by atoms with Gasteiger partial charge < -0.3 is 10.0 Å². The fourth-order valence-corrected chi connectivity index (χ4v) is 3.02. The minimum absolute atomic E-state index is 0.00679. The highest BCUT2D eigenvalue weighted by atomic mass is 32.1. The smallest absolute Gasteiger partial charge is 0.228 e. The van der Waals surface area contributed by atoms with Gasteiger partial charge in [0.25, 0.3) is 0 Å². The van der Waals surface area contributed by atoms with Crippen LogP contribution in [0.5, 0.6) is 0 Å². The molecule has 104 valence electrons. The van der Waals surface area contributed by atoms with E-state index in [1.165, 1.54) is 0 Å². The van der Waals surface area contributed by atoms with Crippen LogP contribution in [-0.4, -0.2) is 44.5 Å². The Bertz CT molecular complexity index is 573. The van der Waals surface area contributed by atoms with Gasteiger partial charge in [0, 0.05) is 29.9 Å². The Morgan fingerprint density at radius 2 is 2.32 bits per heavy atom. The van der Waals surface area contributed by atoms with Crippen LogP contribution in [0.1, 0.15) is 25.2 Å². The van der Waals surface area contributed by atoms with Crippen molar-refractivity contribution < 1.29 is 9.90 Å². The van der Waals surface area contributed by atoms with Crippen molar-refractivity contribution >= 4 is 22.2 Å². The number of aliphatic hydroxyl groups excluding tert-OH is 1. The second-order valence-corrected chi connectivity index (χ2v) is 5.68. The van der Waals surface area contributed by atoms with Crippen molar-refractivity contribution in [2.45, 2.75) is 33.2 Å². The van der Waals surface area contributed by atoms with E-state index in [2.05, 4.69) is 4.98 Å². The van der Waals surface area contributed by atoms with Crippen molar-refractivity contribution in [1.29, 1.82) is 0 Å². The molecule has 0 unspecified atom stereocenters. The van der Waals surface area contributed by atoms with Crippen molar-refractivity contribution in [3.05, 3.63) is 23.0 Å². The molecule has 0 bridgehead atoms. The lowest BCUT2D eigenvalue weighted by molar-refractivity contribution is -0.132. The molecule has 0 spiro atoms. The van der Waals surface area contributed by atoms with Crippen LogP contribution in [0, 0.1) is 6.92 Å². The van der Waals surface area contributed by atoms with Gasteiger partial charge in [-0.2, -0.15) is 0 Å². The van der Waals surface area contributed by atoms with Crippen LogP contribution >= 0.6 is 11.3 Å². The molecule has 0 radical (unpaired) electrons. The number of aliphatic hydroxyl groups is 1. The molecule has 0 aliphatic rings. The SMILES string of the molecule is Cc1cn2c(CC(=O)N(CCO)C(C)C)csc2n1. The van der Waals surface area contributed by atoms with Gasteiger partial charge in [0.2, 0.25) is 5.91 Å². The van der Waals surface area contributed by atoms with Crippen molar-refractivity contribution in [2.75, 3.05) is 13.2 Å². The fourth-order valence-electron chi connectivity index (χ4n) is 2.10. The Morgan fingerprint density at radius 1 is 1.58 bits per heavy atom. The van der Waals surface area contributed by atoms with E-state index in [0.717, 1.165) is 16.3 Å². The minimum Gasteiger partial charge on any atom is -0.395 e. The predicted octanol–water partition coefficient (Wildman–Crippen LogP) is 1.48. The summed E-state index contributed by atoms with van der Waals surface area (Å²) in [5.74, 6) is 0.0371. The van der Waals surface area contributed by atoms with Gasteiger partial charge in [-0.1, -0.05) is 0 Å². The molecule has 6 heteroatoms. The monoisotopic (exact) mass is 281 g/mol. The summed E-state index contributed by atoms with van der Waals surface area (Å²) >= 11 is 1.54. The summed E-state index contributed by atoms with van der Waals surface area (Å²) in [6.45, 7) is 6.23. The molecule has 0 saturated carbocycles. The lowest BCUT2D eigenvalue weighted by Crippen LogP contribution is -2.40. The third-order valence-corrected chi connectivity index (χ3v) is 3.91. The Morgan fingerprint density at radius 3 is 2.95 bits per heavy atom. The molecule has 0 saturated heterocycles. The third-order valence-electron chi connectivity index (χ3n) is 3.02. The van der Waals surface area contributed by atoms with Crippen LogP contribution in [0.25, 0.3) is 4.96 Å². The molecule has 2 heterocycles. The molecule has 1 N–H and O–H groups in total. The average Bonchev–Trinajstić information content (AvgIpc) is 2.86. The van der Waals surface area contributed by atoms with Crippen LogP contribution in [-0.2, 0) is 11.2 Å². The summed E-state index contributed by atoms with van der Waals surface area (Å²) in [6, 6.07) is 0.0956. The fraction of sp³-hybridized carbons (Fsp3) is 0.538. The molecule has 2 aromatic heterocycles. The van der Waals surface area contributed by atoms with E-state index in [1.54, 1.807) is 16.2 Å². The van der Waals surface area contributed by atoms with Crippen LogP contribution in [0.2, 0.25) is 0 Å². The van der Waals surface area contributed by atoms with E-state index in [1.807, 2.05) is 36.7 Å². The van der Waals surface area contributed by atoms with E-state index in [0.29, 0.717) is 13.0 Å². The number of hydrogen-bond acceptors (Lipinski definition) is 4. The maximum absolute atomic E-state index is 12.3. The van der Waals surface area contributed by atoms with Crippen LogP contribution in [0.15, 0.2) is 11.6 Å². The van der Waals surface area contributed by atoms with Crippen LogP contribution < -0.4 is 0 Å². The zero-order chi connectivity index (χ0) is 14.0. The van der Waals surface area contributed by atoms with Gasteiger partial charge in [0.15, 0.2) is 4.96 Å². The number of rotatable bonds is 5. The number of aromatic nitrogens is 2. The summed E-state index contributed by atoms with van der Waals surface area (Å²) in [5.41, 5.74) is 1.91. The van der Waals surface area contributed by atoms with E-state index >= 15 is 0 Å². The molecule has 2 rings (SSSR count). The van der Waals surface area contributed by atoms with Gasteiger partial charge in [-0.25, -0.2) is 4.98 Å². The number of nitrogens with zero attached hydrogens (tertiary/aromatic N) is 3. The van der Waals surface area contributed by atoms with Gasteiger partial charge in [-0.15, -0.1) is 11.3 Å². The van der Waals surface area contributed by atoms with E-state index < -0.39 is 0 Å². The van der Waals surface area contributed by atoms with Crippen molar-refractivity contribution in [3.8, 4) is 0 Å². The Labute approximate surface area is 116 Å². The molecule has 5 nitrogen and oxygen atoms in total. The van der Waals surface area contributed by atoms with Crippen molar-refractivity contribution in [3.63, 3.8) is 0 Å². The molecule has 19 heavy (non-hydrogen) atoms. The number of fused-ring (bicyclic) bond motifs is 1. The normalized spacial score (nSPS) is 11.4. The molecule has 0 aromatic carbocycles. The van der Waals surface area contributed by atoms with Crippen molar-refractivity contribution in [1.82, 2.24) is 14.3 Å². The summed E-state index contributed by atoms with van der Waals surface area (Å²) in [4.78, 5) is 19.3. The lowest BCUT2D eigenvalue weighted by atomic mass is 10.2. The standard InChI is InChI=1S/C13H19N3O2S/c1-9(2)15(4-5-17)12(18)6-11-8-19-13-14-10(3)7-16(11)13/h7-9,17H,4-6H2,1-3H3. The maximum Gasteiger partial charge on any atom is 0.228 e. The number of aryl methyl sites for hydroxylation is 1. The van der Waals surface area contributed by atoms with Gasteiger partial charge in [0.05, 0.1) is 18.7 Å². The first-order valence-corrected chi connectivity index (χ1v) is 7.23. The number of amides is 1. The molecule has 0 atom stereocenters. The Kier molecular flexibility index (Phi) is 4.21. The molecule has 0 fully saturated rings. The van der Waals surface area contributed by atoms with Gasteiger partial charge in [-0.05, 0) is 20.8 Å². The topological polar surface area (TPSA) is 57.8 Å². The number of carbonyl (C=O) groups excluding carboxylic acids is 1. The first-order valence-electron chi connectivity index (χ1n) is 6.35. The second-order valence-electron chi connectivity index (χ2n) is 4.84. The third kappa shape index (κ3) is 2.96. The van der Waals surface area contributed by atoms with E-state index in [9.17, 15) is 4.79 Å². The highest BCUT2D eigenvalue weighted by molar-refractivity contribution is 7.15.